The van der Waals surface area contributed by atoms with E-state index in [1.807, 2.05) is 0 Å². The molecule has 0 bridgehead atoms. The molecule has 0 fully saturated rings. The van der Waals surface area contributed by atoms with Gasteiger partial charge in [-0.3, -0.25) is 0 Å². The molecule has 0 amide bonds. The first-order chi connectivity index (χ1) is 7.27. The summed E-state index contributed by atoms with van der Waals surface area (Å²) in [5, 5.41) is 8.27. The van der Waals surface area contributed by atoms with E-state index in [0.29, 0.717) is 6.61 Å². The fourth-order valence-corrected chi connectivity index (χ4v) is 1.32. The predicted molar refractivity (Wildman–Crippen MR) is 60.7 cm³/mol. The van der Waals surface area contributed by atoms with Gasteiger partial charge in [0.2, 0.25) is 0 Å². The number of ether oxygens (including phenoxy) is 1. The summed E-state index contributed by atoms with van der Waals surface area (Å²) in [5.41, 5.74) is 0. The van der Waals surface area contributed by atoms with Crippen LogP contribution in [0.3, 0.4) is 0 Å². The molecular weight excluding hydrogens is 192 g/mol. The number of rotatable bonds is 10. The van der Waals surface area contributed by atoms with Crippen molar-refractivity contribution in [3.05, 3.63) is 12.3 Å². The van der Waals surface area contributed by atoms with E-state index in [-0.39, 0.29) is 0 Å². The first-order valence-corrected chi connectivity index (χ1v) is 5.78. The Morgan fingerprint density at radius 3 is 2.33 bits per heavy atom. The molecule has 0 aliphatic heterocycles. The van der Waals surface area contributed by atoms with Crippen LogP contribution < -0.4 is 0 Å². The van der Waals surface area contributed by atoms with Crippen LogP contribution in [0.1, 0.15) is 51.9 Å². The molecule has 0 unspecified atom stereocenters. The van der Waals surface area contributed by atoms with Crippen molar-refractivity contribution in [1.82, 2.24) is 0 Å². The fraction of sp³-hybridized carbons (Fsp3) is 0.750. The largest absolute Gasteiger partial charge is 0.501 e. The van der Waals surface area contributed by atoms with E-state index in [2.05, 4.69) is 6.92 Å². The Balaban J connectivity index is 3.02. The summed E-state index contributed by atoms with van der Waals surface area (Å²) >= 11 is 0. The van der Waals surface area contributed by atoms with Gasteiger partial charge < -0.3 is 9.84 Å². The van der Waals surface area contributed by atoms with Crippen LogP contribution in [0.15, 0.2) is 12.3 Å². The maximum Gasteiger partial charge on any atom is 0.331 e. The van der Waals surface area contributed by atoms with E-state index in [1.165, 1.54) is 44.8 Å². The molecule has 0 aromatic rings. The van der Waals surface area contributed by atoms with Gasteiger partial charge in [0.1, 0.15) is 0 Å². The van der Waals surface area contributed by atoms with Crippen LogP contribution in [0.25, 0.3) is 0 Å². The van der Waals surface area contributed by atoms with E-state index in [1.54, 1.807) is 0 Å². The molecule has 0 atom stereocenters. The minimum Gasteiger partial charge on any atom is -0.501 e. The number of hydrogen-bond donors (Lipinski definition) is 1. The Morgan fingerprint density at radius 1 is 1.13 bits per heavy atom. The second-order valence-corrected chi connectivity index (χ2v) is 3.63. The Labute approximate surface area is 92.1 Å². The van der Waals surface area contributed by atoms with Gasteiger partial charge in [0.05, 0.1) is 18.9 Å². The van der Waals surface area contributed by atoms with Crippen LogP contribution in [0.5, 0.6) is 0 Å². The van der Waals surface area contributed by atoms with Crippen LogP contribution in [0.2, 0.25) is 0 Å². The summed E-state index contributed by atoms with van der Waals surface area (Å²) < 4.78 is 5.01. The highest BCUT2D eigenvalue weighted by Gasteiger charge is 1.90. The van der Waals surface area contributed by atoms with Gasteiger partial charge in [-0.15, -0.1) is 0 Å². The Morgan fingerprint density at radius 2 is 1.73 bits per heavy atom. The molecule has 0 saturated carbocycles. The van der Waals surface area contributed by atoms with Gasteiger partial charge in [-0.25, -0.2) is 4.79 Å². The molecule has 0 saturated heterocycles. The zero-order valence-corrected chi connectivity index (χ0v) is 9.58. The molecular formula is C12H22O3. The van der Waals surface area contributed by atoms with Crippen molar-refractivity contribution in [3.8, 4) is 0 Å². The molecule has 0 aromatic heterocycles. The minimum absolute atomic E-state index is 0.623. The SMILES string of the molecule is CCCCCCCCCOC=CC(=O)O. The van der Waals surface area contributed by atoms with Crippen molar-refractivity contribution < 1.29 is 14.6 Å². The maximum absolute atomic E-state index is 10.1. The number of unbranched alkanes of at least 4 members (excludes halogenated alkanes) is 6. The standard InChI is InChI=1S/C12H22O3/c1-2-3-4-5-6-7-8-10-15-11-9-12(13)14/h9,11H,2-8,10H2,1H3,(H,13,14). The van der Waals surface area contributed by atoms with Crippen LogP contribution in [-0.2, 0) is 9.53 Å². The second kappa shape index (κ2) is 11.1. The highest BCUT2D eigenvalue weighted by Crippen LogP contribution is 2.06. The summed E-state index contributed by atoms with van der Waals surface area (Å²) in [6.07, 6.45) is 10.9. The molecule has 15 heavy (non-hydrogen) atoms. The lowest BCUT2D eigenvalue weighted by Gasteiger charge is -2.01. The van der Waals surface area contributed by atoms with Gasteiger partial charge in [-0.05, 0) is 6.42 Å². The lowest BCUT2D eigenvalue weighted by atomic mass is 10.1. The van der Waals surface area contributed by atoms with Crippen LogP contribution in [-0.4, -0.2) is 17.7 Å². The van der Waals surface area contributed by atoms with Crippen molar-refractivity contribution in [3.63, 3.8) is 0 Å². The average Bonchev–Trinajstić information content (AvgIpc) is 2.20. The molecule has 3 heteroatoms. The normalized spacial score (nSPS) is 10.7. The molecule has 88 valence electrons. The predicted octanol–water partition coefficient (Wildman–Crippen LogP) is 3.35. The monoisotopic (exact) mass is 214 g/mol. The molecule has 0 aliphatic rings. The Hall–Kier alpha value is -0.990. The first kappa shape index (κ1) is 14.0. The Kier molecular flexibility index (Phi) is 10.4. The van der Waals surface area contributed by atoms with E-state index < -0.39 is 5.97 Å². The number of hydrogen-bond acceptors (Lipinski definition) is 2. The first-order valence-electron chi connectivity index (χ1n) is 5.78. The lowest BCUT2D eigenvalue weighted by molar-refractivity contribution is -0.131. The van der Waals surface area contributed by atoms with Crippen molar-refractivity contribution in [2.75, 3.05) is 6.61 Å². The van der Waals surface area contributed by atoms with E-state index >= 15 is 0 Å². The van der Waals surface area contributed by atoms with Crippen molar-refractivity contribution in [2.24, 2.45) is 0 Å². The maximum atomic E-state index is 10.1. The smallest absolute Gasteiger partial charge is 0.331 e. The minimum atomic E-state index is -0.963. The van der Waals surface area contributed by atoms with Crippen LogP contribution in [0.4, 0.5) is 0 Å². The summed E-state index contributed by atoms with van der Waals surface area (Å²) in [6.45, 7) is 2.83. The van der Waals surface area contributed by atoms with Gasteiger partial charge in [0, 0.05) is 0 Å². The van der Waals surface area contributed by atoms with Gasteiger partial charge in [0.15, 0.2) is 0 Å². The topological polar surface area (TPSA) is 46.5 Å². The van der Waals surface area contributed by atoms with Gasteiger partial charge in [-0.1, -0.05) is 45.4 Å². The zero-order chi connectivity index (χ0) is 11.4. The molecule has 1 N–H and O–H groups in total. The Bertz CT molecular complexity index is 176. The van der Waals surface area contributed by atoms with Crippen LogP contribution >= 0.6 is 0 Å². The van der Waals surface area contributed by atoms with Gasteiger partial charge in [-0.2, -0.15) is 0 Å². The lowest BCUT2D eigenvalue weighted by Crippen LogP contribution is -1.91. The molecule has 0 radical (unpaired) electrons. The molecule has 0 spiro atoms. The summed E-state index contributed by atoms with van der Waals surface area (Å²) in [4.78, 5) is 10.1. The summed E-state index contributed by atoms with van der Waals surface area (Å²) in [7, 11) is 0. The molecule has 0 heterocycles. The third-order valence-electron chi connectivity index (χ3n) is 2.17. The van der Waals surface area contributed by atoms with E-state index in [0.717, 1.165) is 12.5 Å². The number of carboxylic acid groups (broad SMARTS) is 1. The quantitative estimate of drug-likeness (QED) is 0.344. The highest BCUT2D eigenvalue weighted by atomic mass is 16.5. The highest BCUT2D eigenvalue weighted by molar-refractivity contribution is 5.79. The zero-order valence-electron chi connectivity index (χ0n) is 9.58. The third kappa shape index (κ3) is 13.0. The van der Waals surface area contributed by atoms with E-state index in [4.69, 9.17) is 9.84 Å². The molecule has 0 aliphatic carbocycles. The third-order valence-corrected chi connectivity index (χ3v) is 2.17. The van der Waals surface area contributed by atoms with Crippen molar-refractivity contribution in [1.29, 1.82) is 0 Å². The number of carboxylic acids is 1. The number of carbonyl (C=O) groups is 1. The fourth-order valence-electron chi connectivity index (χ4n) is 1.32. The molecule has 3 nitrogen and oxygen atoms in total. The number of aliphatic carboxylic acids is 1. The molecule has 0 rings (SSSR count). The van der Waals surface area contributed by atoms with E-state index in [9.17, 15) is 4.79 Å². The molecule has 0 aromatic carbocycles. The van der Waals surface area contributed by atoms with Gasteiger partial charge in [0.25, 0.3) is 0 Å². The summed E-state index contributed by atoms with van der Waals surface area (Å²) in [5.74, 6) is -0.963. The van der Waals surface area contributed by atoms with Gasteiger partial charge >= 0.3 is 5.97 Å². The summed E-state index contributed by atoms with van der Waals surface area (Å²) in [6, 6.07) is 0. The van der Waals surface area contributed by atoms with Crippen molar-refractivity contribution >= 4 is 5.97 Å². The second-order valence-electron chi connectivity index (χ2n) is 3.63. The van der Waals surface area contributed by atoms with Crippen LogP contribution in [0, 0.1) is 0 Å². The van der Waals surface area contributed by atoms with Crippen molar-refractivity contribution in [2.45, 2.75) is 51.9 Å². The average molecular weight is 214 g/mol.